The number of nitrogens with zero attached hydrogens (tertiary/aromatic N) is 1. The van der Waals surface area contributed by atoms with Crippen molar-refractivity contribution in [1.29, 1.82) is 0 Å². The van der Waals surface area contributed by atoms with Crippen LogP contribution in [0.15, 0.2) is 36.4 Å². The van der Waals surface area contributed by atoms with Crippen LogP contribution in [0.2, 0.25) is 5.02 Å². The summed E-state index contributed by atoms with van der Waals surface area (Å²) in [6.07, 6.45) is 0. The van der Waals surface area contributed by atoms with Gasteiger partial charge in [0.1, 0.15) is 5.82 Å². The van der Waals surface area contributed by atoms with Crippen molar-refractivity contribution in [2.75, 3.05) is 0 Å². The van der Waals surface area contributed by atoms with E-state index in [0.717, 1.165) is 8.47 Å². The maximum atomic E-state index is 13.9. The number of hydrogen-bond acceptors (Lipinski definition) is 2. The first-order valence-electron chi connectivity index (χ1n) is 6.07. The maximum Gasteiger partial charge on any atom is 0.261 e. The van der Waals surface area contributed by atoms with Gasteiger partial charge in [-0.2, -0.15) is 0 Å². The van der Waals surface area contributed by atoms with Crippen molar-refractivity contribution in [3.8, 4) is 0 Å². The SMILES string of the molecule is O=C1c2ccc(I)cc2C(=O)N1Cc1cccc(Cl)c1F. The predicted octanol–water partition coefficient (Wildman–Crippen LogP) is 3.88. The summed E-state index contributed by atoms with van der Waals surface area (Å²) >= 11 is 7.79. The summed E-state index contributed by atoms with van der Waals surface area (Å²) < 4.78 is 14.8. The molecule has 3 nitrogen and oxygen atoms in total. The molecule has 0 N–H and O–H groups in total. The largest absolute Gasteiger partial charge is 0.270 e. The fourth-order valence-electron chi connectivity index (χ4n) is 2.25. The molecular weight excluding hydrogens is 408 g/mol. The zero-order chi connectivity index (χ0) is 15.1. The van der Waals surface area contributed by atoms with Gasteiger partial charge in [-0.25, -0.2) is 4.39 Å². The predicted molar refractivity (Wildman–Crippen MR) is 84.8 cm³/mol. The second kappa shape index (κ2) is 5.38. The number of halogens is 3. The molecule has 21 heavy (non-hydrogen) atoms. The molecule has 1 heterocycles. The van der Waals surface area contributed by atoms with Crippen LogP contribution in [0.4, 0.5) is 4.39 Å². The highest BCUT2D eigenvalue weighted by Gasteiger charge is 2.35. The lowest BCUT2D eigenvalue weighted by Gasteiger charge is -2.14. The third-order valence-electron chi connectivity index (χ3n) is 3.29. The molecule has 2 amide bonds. The molecule has 0 spiro atoms. The molecule has 0 atom stereocenters. The molecule has 0 unspecified atom stereocenters. The molecule has 0 aliphatic carbocycles. The standard InChI is InChI=1S/C15H8ClFINO2/c16-12-3-1-2-8(13(12)17)7-19-14(20)10-5-4-9(18)6-11(10)15(19)21/h1-6H,7H2. The van der Waals surface area contributed by atoms with E-state index in [0.29, 0.717) is 11.1 Å². The van der Waals surface area contributed by atoms with Gasteiger partial charge in [0.2, 0.25) is 0 Å². The Kier molecular flexibility index (Phi) is 3.71. The Bertz CT molecular complexity index is 778. The van der Waals surface area contributed by atoms with E-state index >= 15 is 0 Å². The van der Waals surface area contributed by atoms with Crippen LogP contribution in [-0.4, -0.2) is 16.7 Å². The Labute approximate surface area is 138 Å². The summed E-state index contributed by atoms with van der Waals surface area (Å²) in [7, 11) is 0. The highest BCUT2D eigenvalue weighted by atomic mass is 127. The van der Waals surface area contributed by atoms with Crippen LogP contribution in [0.25, 0.3) is 0 Å². The lowest BCUT2D eigenvalue weighted by Crippen LogP contribution is -2.29. The van der Waals surface area contributed by atoms with Crippen LogP contribution < -0.4 is 0 Å². The van der Waals surface area contributed by atoms with Gasteiger partial charge in [0.15, 0.2) is 0 Å². The molecule has 2 aromatic carbocycles. The molecule has 1 aliphatic heterocycles. The fraction of sp³-hybridized carbons (Fsp3) is 0.0667. The van der Waals surface area contributed by atoms with Gasteiger partial charge >= 0.3 is 0 Å². The number of fused-ring (bicyclic) bond motifs is 1. The second-order valence-corrected chi connectivity index (χ2v) is 6.25. The van der Waals surface area contributed by atoms with Crippen LogP contribution in [0.5, 0.6) is 0 Å². The van der Waals surface area contributed by atoms with E-state index in [4.69, 9.17) is 11.6 Å². The van der Waals surface area contributed by atoms with Crippen molar-refractivity contribution in [3.05, 3.63) is 67.5 Å². The number of benzene rings is 2. The number of hydrogen-bond donors (Lipinski definition) is 0. The Morgan fingerprint density at radius 3 is 2.57 bits per heavy atom. The molecule has 0 saturated carbocycles. The van der Waals surface area contributed by atoms with Gasteiger partial charge in [0, 0.05) is 9.13 Å². The van der Waals surface area contributed by atoms with Crippen LogP contribution in [-0.2, 0) is 6.54 Å². The van der Waals surface area contributed by atoms with E-state index < -0.39 is 17.6 Å². The Morgan fingerprint density at radius 2 is 1.81 bits per heavy atom. The highest BCUT2D eigenvalue weighted by Crippen LogP contribution is 2.27. The Balaban J connectivity index is 1.97. The summed E-state index contributed by atoms with van der Waals surface area (Å²) in [6, 6.07) is 9.55. The molecule has 0 bridgehead atoms. The first-order chi connectivity index (χ1) is 9.99. The average Bonchev–Trinajstić information content (AvgIpc) is 2.68. The monoisotopic (exact) mass is 415 g/mol. The van der Waals surface area contributed by atoms with Crippen molar-refractivity contribution < 1.29 is 14.0 Å². The first kappa shape index (κ1) is 14.5. The molecule has 2 aromatic rings. The molecule has 0 saturated heterocycles. The topological polar surface area (TPSA) is 37.4 Å². The maximum absolute atomic E-state index is 13.9. The summed E-state index contributed by atoms with van der Waals surface area (Å²) in [6.45, 7) is -0.130. The van der Waals surface area contributed by atoms with Crippen molar-refractivity contribution >= 4 is 46.0 Å². The summed E-state index contributed by atoms with van der Waals surface area (Å²) in [4.78, 5) is 25.6. The lowest BCUT2D eigenvalue weighted by atomic mass is 10.1. The van der Waals surface area contributed by atoms with Crippen molar-refractivity contribution in [2.45, 2.75) is 6.54 Å². The second-order valence-electron chi connectivity index (χ2n) is 4.60. The summed E-state index contributed by atoms with van der Waals surface area (Å²) in [5, 5.41) is -0.0290. The van der Waals surface area contributed by atoms with Gasteiger partial charge < -0.3 is 0 Å². The Hall–Kier alpha value is -1.47. The molecule has 0 aromatic heterocycles. The minimum Gasteiger partial charge on any atom is -0.270 e. The van der Waals surface area contributed by atoms with Crippen molar-refractivity contribution in [3.63, 3.8) is 0 Å². The molecule has 106 valence electrons. The van der Waals surface area contributed by atoms with E-state index in [1.54, 1.807) is 24.3 Å². The minimum absolute atomic E-state index is 0.0290. The summed E-state index contributed by atoms with van der Waals surface area (Å²) in [5.74, 6) is -1.43. The smallest absolute Gasteiger partial charge is 0.261 e. The van der Waals surface area contributed by atoms with Crippen LogP contribution in [0.3, 0.4) is 0 Å². The third-order valence-corrected chi connectivity index (χ3v) is 4.26. The van der Waals surface area contributed by atoms with Gasteiger partial charge in [-0.15, -0.1) is 0 Å². The van der Waals surface area contributed by atoms with Crippen LogP contribution in [0, 0.1) is 9.39 Å². The van der Waals surface area contributed by atoms with Gasteiger partial charge in [0.25, 0.3) is 11.8 Å². The molecule has 6 heteroatoms. The van der Waals surface area contributed by atoms with E-state index in [-0.39, 0.29) is 17.1 Å². The number of carbonyl (C=O) groups excluding carboxylic acids is 2. The van der Waals surface area contributed by atoms with Crippen LogP contribution in [0.1, 0.15) is 26.3 Å². The molecule has 0 fully saturated rings. The highest BCUT2D eigenvalue weighted by molar-refractivity contribution is 14.1. The zero-order valence-corrected chi connectivity index (χ0v) is 13.5. The minimum atomic E-state index is -0.606. The van der Waals surface area contributed by atoms with E-state index in [9.17, 15) is 14.0 Å². The van der Waals surface area contributed by atoms with Crippen molar-refractivity contribution in [2.24, 2.45) is 0 Å². The van der Waals surface area contributed by atoms with Gasteiger partial charge in [-0.05, 0) is 46.9 Å². The normalized spacial score (nSPS) is 13.8. The van der Waals surface area contributed by atoms with Gasteiger partial charge in [-0.1, -0.05) is 23.7 Å². The Morgan fingerprint density at radius 1 is 1.10 bits per heavy atom. The molecule has 1 aliphatic rings. The number of amides is 2. The van der Waals surface area contributed by atoms with E-state index in [2.05, 4.69) is 22.6 Å². The zero-order valence-electron chi connectivity index (χ0n) is 10.6. The quantitative estimate of drug-likeness (QED) is 0.551. The van der Waals surface area contributed by atoms with Gasteiger partial charge in [0.05, 0.1) is 22.7 Å². The van der Waals surface area contributed by atoms with Crippen molar-refractivity contribution in [1.82, 2.24) is 4.90 Å². The first-order valence-corrected chi connectivity index (χ1v) is 7.53. The molecular formula is C15H8ClFINO2. The summed E-state index contributed by atoms with van der Waals surface area (Å²) in [5.41, 5.74) is 0.920. The molecule has 3 rings (SSSR count). The van der Waals surface area contributed by atoms with E-state index in [1.165, 1.54) is 12.1 Å². The fourth-order valence-corrected chi connectivity index (χ4v) is 2.93. The number of carbonyl (C=O) groups is 2. The molecule has 0 radical (unpaired) electrons. The number of rotatable bonds is 2. The van der Waals surface area contributed by atoms with Gasteiger partial charge in [-0.3, -0.25) is 14.5 Å². The third kappa shape index (κ3) is 2.44. The number of imide groups is 1. The lowest BCUT2D eigenvalue weighted by molar-refractivity contribution is 0.0641. The van der Waals surface area contributed by atoms with Crippen LogP contribution >= 0.6 is 34.2 Å². The average molecular weight is 416 g/mol. The van der Waals surface area contributed by atoms with E-state index in [1.807, 2.05) is 0 Å².